The molecule has 29 heavy (non-hydrogen) atoms. The molecule has 13 heteroatoms. The van der Waals surface area contributed by atoms with Crippen molar-refractivity contribution < 1.29 is 14.0 Å². The van der Waals surface area contributed by atoms with Crippen LogP contribution in [0, 0.1) is 0 Å². The van der Waals surface area contributed by atoms with Crippen LogP contribution in [-0.4, -0.2) is 76.5 Å². The summed E-state index contributed by atoms with van der Waals surface area (Å²) in [6.45, 7) is 12.4. The first-order valence-electron chi connectivity index (χ1n) is 9.40. The van der Waals surface area contributed by atoms with E-state index in [4.69, 9.17) is 4.43 Å². The third kappa shape index (κ3) is 5.13. The molecule has 1 aromatic heterocycles. The third-order valence-electron chi connectivity index (χ3n) is 4.18. The van der Waals surface area contributed by atoms with Gasteiger partial charge in [-0.2, -0.15) is 0 Å². The molecule has 1 aromatic rings. The Morgan fingerprint density at radius 3 is 2.55 bits per heavy atom. The van der Waals surface area contributed by atoms with Crippen molar-refractivity contribution in [1.29, 1.82) is 0 Å². The average molecular weight is 473 g/mol. The van der Waals surface area contributed by atoms with Gasteiger partial charge in [-0.15, -0.1) is 16.9 Å². The van der Waals surface area contributed by atoms with E-state index in [9.17, 15) is 9.59 Å². The molecule has 0 bridgehead atoms. The number of amides is 1. The van der Waals surface area contributed by atoms with Crippen LogP contribution in [0.3, 0.4) is 0 Å². The zero-order chi connectivity index (χ0) is 21.6. The van der Waals surface area contributed by atoms with E-state index in [1.807, 2.05) is 19.6 Å². The second-order valence-corrected chi connectivity index (χ2v) is 20.4. The first kappa shape index (κ1) is 22.5. The Morgan fingerprint density at radius 1 is 1.31 bits per heavy atom. The quantitative estimate of drug-likeness (QED) is 0.360. The maximum absolute atomic E-state index is 13.1. The van der Waals surface area contributed by atoms with Crippen LogP contribution in [0.5, 0.6) is 0 Å². The molecule has 1 N–H and O–H groups in total. The van der Waals surface area contributed by atoms with Crippen LogP contribution in [0.15, 0.2) is 16.4 Å². The summed E-state index contributed by atoms with van der Waals surface area (Å²) in [6, 6.07) is -0.238. The number of hydrogen-bond acceptors (Lipinski definition) is 9. The van der Waals surface area contributed by atoms with Gasteiger partial charge in [0.05, 0.1) is 0 Å². The molecular formula is C16H28N6O3S2Si2. The normalized spacial score (nSPS) is 22.4. The largest absolute Gasteiger partial charge is 0.515 e. The topological polar surface area (TPSA) is 102 Å². The fourth-order valence-electron chi connectivity index (χ4n) is 3.07. The molecule has 3 rings (SSSR count). The Kier molecular flexibility index (Phi) is 6.35. The van der Waals surface area contributed by atoms with Crippen LogP contribution in [0.4, 0.5) is 0 Å². The van der Waals surface area contributed by atoms with E-state index in [-0.39, 0.29) is 23.3 Å². The number of fused-ring (bicyclic) bond motifs is 1. The van der Waals surface area contributed by atoms with Gasteiger partial charge in [-0.05, 0) is 35.6 Å². The molecule has 0 aromatic carbocycles. The van der Waals surface area contributed by atoms with Gasteiger partial charge in [0.1, 0.15) is 25.3 Å². The van der Waals surface area contributed by atoms with E-state index < -0.39 is 16.6 Å². The second kappa shape index (κ2) is 8.17. The van der Waals surface area contributed by atoms with Gasteiger partial charge >= 0.3 is 5.97 Å². The van der Waals surface area contributed by atoms with Gasteiger partial charge in [0.25, 0.3) is 0 Å². The molecule has 2 atom stereocenters. The Labute approximate surface area is 181 Å². The minimum atomic E-state index is -2.10. The van der Waals surface area contributed by atoms with Crippen molar-refractivity contribution in [3.05, 3.63) is 11.3 Å². The average Bonchev–Trinajstić information content (AvgIpc) is 2.99. The van der Waals surface area contributed by atoms with Crippen molar-refractivity contribution in [2.24, 2.45) is 7.05 Å². The van der Waals surface area contributed by atoms with E-state index in [1.54, 1.807) is 28.4 Å². The van der Waals surface area contributed by atoms with Crippen LogP contribution in [0.1, 0.15) is 0 Å². The highest BCUT2D eigenvalue weighted by atomic mass is 32.2. The lowest BCUT2D eigenvalue weighted by molar-refractivity contribution is -0.147. The fraction of sp³-hybridized carbons (Fsp3) is 0.688. The number of thioether (sulfide) groups is 2. The number of rotatable bonds is 7. The van der Waals surface area contributed by atoms with Crippen molar-refractivity contribution in [3.63, 3.8) is 0 Å². The Bertz CT molecular complexity index is 848. The number of hydrogen-bond donors (Lipinski definition) is 1. The van der Waals surface area contributed by atoms with Crippen molar-refractivity contribution in [3.8, 4) is 0 Å². The molecule has 1 fully saturated rings. The molecule has 2 aliphatic heterocycles. The van der Waals surface area contributed by atoms with Crippen LogP contribution < -0.4 is 4.98 Å². The standard InChI is InChI=1S/C16H28N6O3S2Si2/c1-21-16(17-19-20-21)27-9-10-8-26-14-11(18-28(2,3)4)13(23)22(14)12(10)15(24)25-29(5,6)7/h11,14,18H,8-9H2,1-7H3/t11-,14-/m1/s1. The minimum absolute atomic E-state index is 0.0463. The molecular weight excluding hydrogens is 445 g/mol. The summed E-state index contributed by atoms with van der Waals surface area (Å²) >= 11 is 3.14. The second-order valence-electron chi connectivity index (χ2n) is 9.11. The van der Waals surface area contributed by atoms with E-state index in [0.717, 1.165) is 5.57 Å². The highest BCUT2D eigenvalue weighted by Gasteiger charge is 2.54. The highest BCUT2D eigenvalue weighted by Crippen LogP contribution is 2.42. The highest BCUT2D eigenvalue weighted by molar-refractivity contribution is 8.01. The molecule has 1 saturated heterocycles. The molecule has 0 radical (unpaired) electrons. The van der Waals surface area contributed by atoms with E-state index in [1.165, 1.54) is 11.8 Å². The van der Waals surface area contributed by atoms with Gasteiger partial charge in [0, 0.05) is 18.6 Å². The third-order valence-corrected chi connectivity index (χ3v) is 8.60. The van der Waals surface area contributed by atoms with E-state index in [2.05, 4.69) is 40.1 Å². The maximum atomic E-state index is 13.1. The minimum Gasteiger partial charge on any atom is -0.515 e. The summed E-state index contributed by atoms with van der Waals surface area (Å²) in [5.74, 6) is 0.767. The van der Waals surface area contributed by atoms with Gasteiger partial charge in [0.15, 0.2) is 0 Å². The lowest BCUT2D eigenvalue weighted by atomic mass is 10.0. The predicted octanol–water partition coefficient (Wildman–Crippen LogP) is 1.64. The van der Waals surface area contributed by atoms with Gasteiger partial charge in [-0.25, -0.2) is 9.48 Å². The number of nitrogens with one attached hydrogen (secondary N) is 1. The molecule has 0 saturated carbocycles. The van der Waals surface area contributed by atoms with Crippen LogP contribution >= 0.6 is 23.5 Å². The summed E-state index contributed by atoms with van der Waals surface area (Å²) in [5, 5.41) is 12.1. The van der Waals surface area contributed by atoms with Crippen LogP contribution in [0.2, 0.25) is 39.3 Å². The molecule has 2 aliphatic rings. The van der Waals surface area contributed by atoms with Gasteiger partial charge in [-0.1, -0.05) is 31.4 Å². The lowest BCUT2D eigenvalue weighted by Crippen LogP contribution is -2.73. The Balaban J connectivity index is 1.86. The maximum Gasteiger partial charge on any atom is 0.341 e. The molecule has 160 valence electrons. The molecule has 9 nitrogen and oxygen atoms in total. The molecule has 0 spiro atoms. The SMILES string of the molecule is Cn1nnnc1SCC1=C(C(=O)O[Si](C)(C)C)N2C(=O)[C@@H](N[Si](C)(C)C)[C@H]2SC1. The zero-order valence-corrected chi connectivity index (χ0v) is 21.5. The number of aromatic nitrogens is 4. The smallest absolute Gasteiger partial charge is 0.341 e. The summed E-state index contributed by atoms with van der Waals surface area (Å²) < 4.78 is 7.37. The molecule has 3 heterocycles. The summed E-state index contributed by atoms with van der Waals surface area (Å²) in [5.41, 5.74) is 1.31. The first-order valence-corrected chi connectivity index (χ1v) is 18.3. The summed E-state index contributed by atoms with van der Waals surface area (Å²) in [6.07, 6.45) is 0. The number of aryl methyl sites for hydroxylation is 1. The van der Waals surface area contributed by atoms with E-state index in [0.29, 0.717) is 22.4 Å². The number of nitrogens with zero attached hydrogens (tertiary/aromatic N) is 5. The van der Waals surface area contributed by atoms with Gasteiger partial charge in [-0.3, -0.25) is 9.69 Å². The molecule has 0 aliphatic carbocycles. The lowest BCUT2D eigenvalue weighted by Gasteiger charge is -2.51. The van der Waals surface area contributed by atoms with Crippen molar-refractivity contribution in [1.82, 2.24) is 30.1 Å². The van der Waals surface area contributed by atoms with Crippen molar-refractivity contribution >= 4 is 52.0 Å². The number of β-lactam (4-membered cyclic amide) rings is 1. The van der Waals surface area contributed by atoms with Crippen molar-refractivity contribution in [2.75, 3.05) is 11.5 Å². The van der Waals surface area contributed by atoms with Gasteiger partial charge < -0.3 is 9.41 Å². The molecule has 1 amide bonds. The Morgan fingerprint density at radius 2 is 2.00 bits per heavy atom. The van der Waals surface area contributed by atoms with Gasteiger partial charge in [0.2, 0.25) is 19.4 Å². The number of carbonyl (C=O) groups is 2. The first-order chi connectivity index (χ1) is 13.4. The Hall–Kier alpha value is -1.16. The fourth-order valence-corrected chi connectivity index (χ4v) is 7.39. The summed E-state index contributed by atoms with van der Waals surface area (Å²) in [7, 11) is -1.97. The predicted molar refractivity (Wildman–Crippen MR) is 119 cm³/mol. The van der Waals surface area contributed by atoms with Crippen LogP contribution in [0.25, 0.3) is 0 Å². The monoisotopic (exact) mass is 472 g/mol. The molecule has 0 unspecified atom stereocenters. The van der Waals surface area contributed by atoms with Crippen LogP contribution in [-0.2, 0) is 21.1 Å². The van der Waals surface area contributed by atoms with Crippen molar-refractivity contribution in [2.45, 2.75) is 55.9 Å². The number of tetrazole rings is 1. The summed E-state index contributed by atoms with van der Waals surface area (Å²) in [4.78, 5) is 31.2. The number of carbonyl (C=O) groups excluding carboxylic acids is 2. The zero-order valence-electron chi connectivity index (χ0n) is 17.8. The van der Waals surface area contributed by atoms with E-state index >= 15 is 0 Å².